The Morgan fingerprint density at radius 3 is 2.75 bits per heavy atom. The largest absolute Gasteiger partial charge is 0.384 e. The molecule has 0 aliphatic carbocycles. The normalized spacial score (nSPS) is 39.2. The first kappa shape index (κ1) is 12.3. The molecule has 0 bridgehead atoms. The van der Waals surface area contributed by atoms with Crippen LogP contribution in [0.2, 0.25) is 0 Å². The minimum atomic E-state index is -2.91. The first-order valence-electron chi connectivity index (χ1n) is 5.71. The van der Waals surface area contributed by atoms with Gasteiger partial charge in [0.05, 0.1) is 18.1 Å². The van der Waals surface area contributed by atoms with Gasteiger partial charge in [0, 0.05) is 25.7 Å². The summed E-state index contributed by atoms with van der Waals surface area (Å²) < 4.78 is 28.1. The molecule has 2 N–H and O–H groups in total. The van der Waals surface area contributed by atoms with Crippen LogP contribution in [0, 0.1) is 5.92 Å². The van der Waals surface area contributed by atoms with Crippen LogP contribution in [0.3, 0.4) is 0 Å². The zero-order chi connectivity index (χ0) is 11.8. The molecule has 16 heavy (non-hydrogen) atoms. The minimum absolute atomic E-state index is 0.0202. The molecule has 2 fully saturated rings. The average Bonchev–Trinajstić information content (AvgIpc) is 2.71. The highest BCUT2D eigenvalue weighted by Gasteiger charge is 2.41. The van der Waals surface area contributed by atoms with Crippen molar-refractivity contribution in [3.05, 3.63) is 0 Å². The minimum Gasteiger partial charge on any atom is -0.384 e. The van der Waals surface area contributed by atoms with Gasteiger partial charge in [-0.25, -0.2) is 8.42 Å². The summed E-state index contributed by atoms with van der Waals surface area (Å²) in [6.45, 7) is 2.62. The Morgan fingerprint density at radius 2 is 2.19 bits per heavy atom. The van der Waals surface area contributed by atoms with Crippen LogP contribution in [0.15, 0.2) is 0 Å². The van der Waals surface area contributed by atoms with Crippen LogP contribution in [0.1, 0.15) is 6.42 Å². The van der Waals surface area contributed by atoms with Crippen LogP contribution in [0.25, 0.3) is 0 Å². The van der Waals surface area contributed by atoms with Gasteiger partial charge in [-0.3, -0.25) is 4.90 Å². The van der Waals surface area contributed by atoms with Crippen LogP contribution in [0.4, 0.5) is 0 Å². The van der Waals surface area contributed by atoms with Crippen molar-refractivity contribution >= 4 is 9.84 Å². The second-order valence-electron chi connectivity index (χ2n) is 4.91. The number of methoxy groups -OCH3 is 1. The molecule has 2 heterocycles. The SMILES string of the molecule is COCC1CCN(C2CS(=O)(=O)CC2N)C1. The number of rotatable bonds is 3. The summed E-state index contributed by atoms with van der Waals surface area (Å²) in [5.41, 5.74) is 5.90. The van der Waals surface area contributed by atoms with Crippen molar-refractivity contribution in [1.82, 2.24) is 4.90 Å². The lowest BCUT2D eigenvalue weighted by atomic mass is 10.1. The lowest BCUT2D eigenvalue weighted by Gasteiger charge is -2.26. The van der Waals surface area contributed by atoms with E-state index in [1.807, 2.05) is 0 Å². The van der Waals surface area contributed by atoms with Crippen LogP contribution in [0.5, 0.6) is 0 Å². The maximum atomic E-state index is 11.5. The monoisotopic (exact) mass is 248 g/mol. The van der Waals surface area contributed by atoms with Gasteiger partial charge >= 0.3 is 0 Å². The molecule has 2 saturated heterocycles. The van der Waals surface area contributed by atoms with E-state index in [0.717, 1.165) is 26.1 Å². The zero-order valence-electron chi connectivity index (χ0n) is 9.63. The number of nitrogens with two attached hydrogens (primary N) is 1. The van der Waals surface area contributed by atoms with E-state index in [1.54, 1.807) is 7.11 Å². The van der Waals surface area contributed by atoms with Gasteiger partial charge < -0.3 is 10.5 Å². The third-order valence-electron chi connectivity index (χ3n) is 3.55. The highest BCUT2D eigenvalue weighted by Crippen LogP contribution is 2.24. The van der Waals surface area contributed by atoms with Gasteiger partial charge in [-0.2, -0.15) is 0 Å². The summed E-state index contributed by atoms with van der Waals surface area (Å²) in [4.78, 5) is 2.22. The zero-order valence-corrected chi connectivity index (χ0v) is 10.4. The maximum Gasteiger partial charge on any atom is 0.153 e. The van der Waals surface area contributed by atoms with E-state index in [4.69, 9.17) is 10.5 Å². The molecule has 5 nitrogen and oxygen atoms in total. The molecule has 0 spiro atoms. The summed E-state index contributed by atoms with van der Waals surface area (Å²) in [5, 5.41) is 0. The van der Waals surface area contributed by atoms with Crippen molar-refractivity contribution in [3.63, 3.8) is 0 Å². The third-order valence-corrected chi connectivity index (χ3v) is 5.30. The number of hydrogen-bond donors (Lipinski definition) is 1. The second-order valence-corrected chi connectivity index (χ2v) is 7.07. The molecule has 2 aliphatic rings. The standard InChI is InChI=1S/C10H20N2O3S/c1-15-5-8-2-3-12(4-8)10-7-16(13,14)6-9(10)11/h8-10H,2-7,11H2,1H3. The van der Waals surface area contributed by atoms with Crippen molar-refractivity contribution in [2.45, 2.75) is 18.5 Å². The molecule has 0 saturated carbocycles. The fraction of sp³-hybridized carbons (Fsp3) is 1.00. The van der Waals surface area contributed by atoms with Gasteiger partial charge in [0.25, 0.3) is 0 Å². The molecule has 6 heteroatoms. The average molecular weight is 248 g/mol. The Balaban J connectivity index is 1.95. The predicted molar refractivity (Wildman–Crippen MR) is 62.0 cm³/mol. The molecule has 94 valence electrons. The fourth-order valence-corrected chi connectivity index (χ4v) is 4.69. The van der Waals surface area contributed by atoms with Crippen LogP contribution >= 0.6 is 0 Å². The van der Waals surface area contributed by atoms with Gasteiger partial charge in [0.1, 0.15) is 0 Å². The van der Waals surface area contributed by atoms with Gasteiger partial charge in [-0.15, -0.1) is 0 Å². The van der Waals surface area contributed by atoms with Gasteiger partial charge in [-0.1, -0.05) is 0 Å². The van der Waals surface area contributed by atoms with Crippen molar-refractivity contribution in [2.24, 2.45) is 11.7 Å². The summed E-state index contributed by atoms with van der Waals surface area (Å²) in [6, 6.07) is -0.196. The van der Waals surface area contributed by atoms with Crippen molar-refractivity contribution in [1.29, 1.82) is 0 Å². The maximum absolute atomic E-state index is 11.5. The molecule has 0 aromatic heterocycles. The highest BCUT2D eigenvalue weighted by atomic mass is 32.2. The molecular formula is C10H20N2O3S. The lowest BCUT2D eigenvalue weighted by Crippen LogP contribution is -2.46. The molecule has 2 aliphatic heterocycles. The Bertz CT molecular complexity index is 344. The van der Waals surface area contributed by atoms with Crippen molar-refractivity contribution in [3.8, 4) is 0 Å². The van der Waals surface area contributed by atoms with E-state index in [9.17, 15) is 8.42 Å². The summed E-state index contributed by atoms with van der Waals surface area (Å²) in [5.74, 6) is 0.900. The summed E-state index contributed by atoms with van der Waals surface area (Å²) in [6.07, 6.45) is 1.08. The Hall–Kier alpha value is -0.170. The number of ether oxygens (including phenoxy) is 1. The van der Waals surface area contributed by atoms with Crippen LogP contribution in [-0.2, 0) is 14.6 Å². The highest BCUT2D eigenvalue weighted by molar-refractivity contribution is 7.91. The Kier molecular flexibility index (Phi) is 3.53. The van der Waals surface area contributed by atoms with E-state index < -0.39 is 9.84 Å². The van der Waals surface area contributed by atoms with Gasteiger partial charge in [0.15, 0.2) is 9.84 Å². The summed E-state index contributed by atoms with van der Waals surface area (Å²) in [7, 11) is -1.21. The second kappa shape index (κ2) is 4.60. The number of nitrogens with zero attached hydrogens (tertiary/aromatic N) is 1. The first-order chi connectivity index (χ1) is 7.52. The molecule has 3 unspecified atom stereocenters. The topological polar surface area (TPSA) is 72.6 Å². The van der Waals surface area contributed by atoms with Crippen LogP contribution in [-0.4, -0.2) is 63.7 Å². The molecule has 0 radical (unpaired) electrons. The molecule has 0 aromatic carbocycles. The van der Waals surface area contributed by atoms with E-state index in [2.05, 4.69) is 4.90 Å². The van der Waals surface area contributed by atoms with Crippen molar-refractivity contribution < 1.29 is 13.2 Å². The fourth-order valence-electron chi connectivity index (χ4n) is 2.77. The van der Waals surface area contributed by atoms with Gasteiger partial charge in [0.2, 0.25) is 0 Å². The summed E-state index contributed by atoms with van der Waals surface area (Å²) >= 11 is 0. The van der Waals surface area contributed by atoms with E-state index in [1.165, 1.54) is 0 Å². The lowest BCUT2D eigenvalue weighted by molar-refractivity contribution is 0.147. The predicted octanol–water partition coefficient (Wildman–Crippen LogP) is -0.921. The Labute approximate surface area is 96.9 Å². The van der Waals surface area contributed by atoms with E-state index in [-0.39, 0.29) is 23.6 Å². The molecule has 3 atom stereocenters. The van der Waals surface area contributed by atoms with E-state index in [0.29, 0.717) is 5.92 Å². The number of hydrogen-bond acceptors (Lipinski definition) is 5. The molecule has 2 rings (SSSR count). The van der Waals surface area contributed by atoms with Gasteiger partial charge in [-0.05, 0) is 18.9 Å². The third kappa shape index (κ3) is 2.56. The van der Waals surface area contributed by atoms with Crippen LogP contribution < -0.4 is 5.73 Å². The van der Waals surface area contributed by atoms with E-state index >= 15 is 0 Å². The number of likely N-dealkylation sites (tertiary alicyclic amines) is 1. The smallest absolute Gasteiger partial charge is 0.153 e. The quantitative estimate of drug-likeness (QED) is 0.699. The number of sulfone groups is 1. The molecular weight excluding hydrogens is 228 g/mol. The van der Waals surface area contributed by atoms with Crippen molar-refractivity contribution in [2.75, 3.05) is 38.3 Å². The molecule has 0 amide bonds. The Morgan fingerprint density at radius 1 is 1.44 bits per heavy atom. The molecule has 0 aromatic rings. The first-order valence-corrected chi connectivity index (χ1v) is 7.53.